The van der Waals surface area contributed by atoms with Crippen LogP contribution in [0.2, 0.25) is 0 Å². The van der Waals surface area contributed by atoms with Gasteiger partial charge in [0.2, 0.25) is 5.95 Å². The first-order valence-corrected chi connectivity index (χ1v) is 9.66. The van der Waals surface area contributed by atoms with Gasteiger partial charge in [0, 0.05) is 11.3 Å². The van der Waals surface area contributed by atoms with Crippen LogP contribution in [0.1, 0.15) is 26.0 Å². The van der Waals surface area contributed by atoms with E-state index in [0.29, 0.717) is 23.4 Å². The number of nitrogens with one attached hydrogen (secondary N) is 1. The number of aromatic nitrogens is 2. The maximum absolute atomic E-state index is 12.5. The second-order valence-electron chi connectivity index (χ2n) is 6.16. The summed E-state index contributed by atoms with van der Waals surface area (Å²) in [4.78, 5) is 20.2. The van der Waals surface area contributed by atoms with Gasteiger partial charge in [0.05, 0.1) is 16.6 Å². The van der Waals surface area contributed by atoms with E-state index in [4.69, 9.17) is 11.5 Å². The van der Waals surface area contributed by atoms with Crippen LogP contribution in [0, 0.1) is 12.8 Å². The predicted molar refractivity (Wildman–Crippen MR) is 99.4 cm³/mol. The van der Waals surface area contributed by atoms with Crippen LogP contribution in [0.15, 0.2) is 35.2 Å². The minimum absolute atomic E-state index is 0.0606. The van der Waals surface area contributed by atoms with Crippen molar-refractivity contribution in [2.24, 2.45) is 11.7 Å². The zero-order valence-electron chi connectivity index (χ0n) is 14.9. The highest BCUT2D eigenvalue weighted by atomic mass is 32.2. The third-order valence-corrected chi connectivity index (χ3v) is 5.45. The Kier molecular flexibility index (Phi) is 5.94. The summed E-state index contributed by atoms with van der Waals surface area (Å²) in [6, 6.07) is 6.88. The van der Waals surface area contributed by atoms with Gasteiger partial charge in [0.15, 0.2) is 0 Å². The molecule has 0 bridgehead atoms. The average Bonchev–Trinajstić information content (AvgIpc) is 2.59. The van der Waals surface area contributed by atoms with Crippen molar-refractivity contribution >= 4 is 21.9 Å². The van der Waals surface area contributed by atoms with Crippen LogP contribution in [0.5, 0.6) is 0 Å². The summed E-state index contributed by atoms with van der Waals surface area (Å²) >= 11 is 0. The Labute approximate surface area is 153 Å². The van der Waals surface area contributed by atoms with E-state index in [9.17, 15) is 13.2 Å². The van der Waals surface area contributed by atoms with E-state index < -0.39 is 22.0 Å². The Balaban J connectivity index is 2.32. The Bertz CT molecular complexity index is 894. The van der Waals surface area contributed by atoms with Gasteiger partial charge >= 0.3 is 0 Å². The van der Waals surface area contributed by atoms with E-state index in [2.05, 4.69) is 9.97 Å². The summed E-state index contributed by atoms with van der Waals surface area (Å²) in [5.74, 6) is -0.767. The van der Waals surface area contributed by atoms with Crippen LogP contribution in [0.4, 0.5) is 5.95 Å². The SMILES string of the molecule is CC[C@H](C)[C@H](N)C(=O)NS(=O)(=O)c1cccc(-c2cc(C)nc(N)n2)c1. The first-order valence-electron chi connectivity index (χ1n) is 8.18. The molecule has 0 aliphatic heterocycles. The highest BCUT2D eigenvalue weighted by Gasteiger charge is 2.25. The molecule has 0 aliphatic rings. The van der Waals surface area contributed by atoms with Crippen molar-refractivity contribution in [1.82, 2.24) is 14.7 Å². The van der Waals surface area contributed by atoms with Gasteiger partial charge in [-0.1, -0.05) is 32.4 Å². The molecule has 2 rings (SSSR count). The molecule has 0 aliphatic carbocycles. The van der Waals surface area contributed by atoms with Crippen molar-refractivity contribution in [3.05, 3.63) is 36.0 Å². The number of rotatable bonds is 6. The first-order chi connectivity index (χ1) is 12.1. The fraction of sp³-hybridized carbons (Fsp3) is 0.353. The molecule has 0 fully saturated rings. The second kappa shape index (κ2) is 7.79. The highest BCUT2D eigenvalue weighted by molar-refractivity contribution is 7.90. The molecule has 2 atom stereocenters. The minimum atomic E-state index is -4.05. The molecule has 140 valence electrons. The smallest absolute Gasteiger partial charge is 0.264 e. The van der Waals surface area contributed by atoms with Crippen LogP contribution in [0.3, 0.4) is 0 Å². The summed E-state index contributed by atoms with van der Waals surface area (Å²) in [5, 5.41) is 0. The second-order valence-corrected chi connectivity index (χ2v) is 7.84. The number of benzene rings is 1. The fourth-order valence-corrected chi connectivity index (χ4v) is 3.39. The maximum atomic E-state index is 12.5. The molecule has 8 nitrogen and oxygen atoms in total. The first kappa shape index (κ1) is 19.8. The molecular formula is C17H23N5O3S. The topological polar surface area (TPSA) is 141 Å². The number of carbonyl (C=O) groups is 1. The summed E-state index contributed by atoms with van der Waals surface area (Å²) in [7, 11) is -4.05. The summed E-state index contributed by atoms with van der Waals surface area (Å²) in [6.45, 7) is 5.43. The standard InChI is InChI=1S/C17H23N5O3S/c1-4-10(2)15(18)16(23)22-26(24,25)13-7-5-6-12(9-13)14-8-11(3)20-17(19)21-14/h5-10,15H,4,18H2,1-3H3,(H,22,23)(H2,19,20,21)/t10-,15-/m0/s1. The van der Waals surface area contributed by atoms with Crippen LogP contribution in [-0.4, -0.2) is 30.3 Å². The molecule has 0 radical (unpaired) electrons. The molecular weight excluding hydrogens is 354 g/mol. The number of hydrogen-bond donors (Lipinski definition) is 3. The molecule has 0 unspecified atom stereocenters. The average molecular weight is 377 g/mol. The summed E-state index contributed by atoms with van der Waals surface area (Å²) in [5.41, 5.74) is 13.2. The van der Waals surface area contributed by atoms with Crippen LogP contribution in [0.25, 0.3) is 11.3 Å². The zero-order valence-corrected chi connectivity index (χ0v) is 15.7. The van der Waals surface area contributed by atoms with E-state index in [1.165, 1.54) is 12.1 Å². The van der Waals surface area contributed by atoms with Gasteiger partial charge in [-0.3, -0.25) is 4.79 Å². The maximum Gasteiger partial charge on any atom is 0.264 e. The van der Waals surface area contributed by atoms with Gasteiger partial charge < -0.3 is 11.5 Å². The molecule has 26 heavy (non-hydrogen) atoms. The van der Waals surface area contributed by atoms with E-state index in [1.807, 2.05) is 11.6 Å². The minimum Gasteiger partial charge on any atom is -0.368 e. The van der Waals surface area contributed by atoms with Crippen LogP contribution in [-0.2, 0) is 14.8 Å². The Morgan fingerprint density at radius 2 is 1.96 bits per heavy atom. The van der Waals surface area contributed by atoms with Crippen molar-refractivity contribution < 1.29 is 13.2 Å². The Hall–Kier alpha value is -2.52. The van der Waals surface area contributed by atoms with Crippen molar-refractivity contribution in [2.45, 2.75) is 38.1 Å². The van der Waals surface area contributed by atoms with Gasteiger partial charge in [-0.15, -0.1) is 0 Å². The summed E-state index contributed by atoms with van der Waals surface area (Å²) in [6.07, 6.45) is 0.665. The van der Waals surface area contributed by atoms with Crippen molar-refractivity contribution in [3.8, 4) is 11.3 Å². The van der Waals surface area contributed by atoms with E-state index in [-0.39, 0.29) is 16.8 Å². The highest BCUT2D eigenvalue weighted by Crippen LogP contribution is 2.22. The van der Waals surface area contributed by atoms with Crippen LogP contribution >= 0.6 is 0 Å². The number of anilines is 1. The van der Waals surface area contributed by atoms with Gasteiger partial charge in [-0.05, 0) is 31.0 Å². The molecule has 2 aromatic rings. The van der Waals surface area contributed by atoms with Gasteiger partial charge in [0.1, 0.15) is 0 Å². The van der Waals surface area contributed by atoms with Crippen molar-refractivity contribution in [3.63, 3.8) is 0 Å². The molecule has 1 aromatic carbocycles. The van der Waals surface area contributed by atoms with Crippen molar-refractivity contribution in [1.29, 1.82) is 0 Å². The largest absolute Gasteiger partial charge is 0.368 e. The lowest BCUT2D eigenvalue weighted by molar-refractivity contribution is -0.121. The third-order valence-electron chi connectivity index (χ3n) is 4.11. The normalized spacial score (nSPS) is 13.8. The molecule has 9 heteroatoms. The third kappa shape index (κ3) is 4.55. The monoisotopic (exact) mass is 377 g/mol. The lowest BCUT2D eigenvalue weighted by Crippen LogP contribution is -2.46. The molecule has 5 N–H and O–H groups in total. The molecule has 1 heterocycles. The van der Waals surface area contributed by atoms with E-state index in [1.54, 1.807) is 32.0 Å². The number of sulfonamides is 1. The number of carbonyl (C=O) groups excluding carboxylic acids is 1. The number of nitrogen functional groups attached to an aromatic ring is 1. The van der Waals surface area contributed by atoms with Gasteiger partial charge in [-0.2, -0.15) is 0 Å². The van der Waals surface area contributed by atoms with Gasteiger partial charge in [0.25, 0.3) is 15.9 Å². The predicted octanol–water partition coefficient (Wildman–Crippen LogP) is 1.21. The van der Waals surface area contributed by atoms with Gasteiger partial charge in [-0.25, -0.2) is 23.1 Å². The quantitative estimate of drug-likeness (QED) is 0.687. The van der Waals surface area contributed by atoms with E-state index in [0.717, 1.165) is 0 Å². The lowest BCUT2D eigenvalue weighted by Gasteiger charge is -2.17. The molecule has 0 saturated carbocycles. The number of amides is 1. The Morgan fingerprint density at radius 3 is 2.58 bits per heavy atom. The van der Waals surface area contributed by atoms with Crippen LogP contribution < -0.4 is 16.2 Å². The number of nitrogens with two attached hydrogens (primary N) is 2. The zero-order chi connectivity index (χ0) is 19.5. The fourth-order valence-electron chi connectivity index (χ4n) is 2.33. The van der Waals surface area contributed by atoms with E-state index >= 15 is 0 Å². The summed E-state index contributed by atoms with van der Waals surface area (Å²) < 4.78 is 27.1. The molecule has 1 aromatic heterocycles. The number of aryl methyl sites for hydroxylation is 1. The molecule has 0 spiro atoms. The Morgan fingerprint density at radius 1 is 1.27 bits per heavy atom. The molecule has 1 amide bonds. The number of hydrogen-bond acceptors (Lipinski definition) is 7. The van der Waals surface area contributed by atoms with Crippen molar-refractivity contribution in [2.75, 3.05) is 5.73 Å². The molecule has 0 saturated heterocycles. The lowest BCUT2D eigenvalue weighted by atomic mass is 10.00. The number of nitrogens with zero attached hydrogens (tertiary/aromatic N) is 2.